The Bertz CT molecular complexity index is 578. The molecule has 1 fully saturated rings. The van der Waals surface area contributed by atoms with Crippen LogP contribution in [0.25, 0.3) is 0 Å². The predicted octanol–water partition coefficient (Wildman–Crippen LogP) is 6.16. The summed E-state index contributed by atoms with van der Waals surface area (Å²) in [6.45, 7) is 8.74. The van der Waals surface area contributed by atoms with Gasteiger partial charge in [0.25, 0.3) is 0 Å². The van der Waals surface area contributed by atoms with E-state index in [2.05, 4.69) is 29.4 Å². The van der Waals surface area contributed by atoms with Crippen LogP contribution in [0.1, 0.15) is 78.1 Å². The molecule has 0 N–H and O–H groups in total. The Morgan fingerprint density at radius 1 is 1.11 bits per heavy atom. The van der Waals surface area contributed by atoms with Gasteiger partial charge in [-0.3, -0.25) is 4.79 Å². The molecule has 0 bridgehead atoms. The van der Waals surface area contributed by atoms with Gasteiger partial charge in [-0.1, -0.05) is 60.7 Å². The lowest BCUT2D eigenvalue weighted by molar-refractivity contribution is -0.139. The maximum Gasteiger partial charge on any atom is 0.333 e. The Hall–Kier alpha value is -0.900. The molecule has 0 unspecified atom stereocenters. The Morgan fingerprint density at radius 3 is 2.48 bits per heavy atom. The van der Waals surface area contributed by atoms with E-state index in [9.17, 15) is 9.59 Å². The number of rotatable bonds is 10. The summed E-state index contributed by atoms with van der Waals surface area (Å²) < 4.78 is 5.48. The summed E-state index contributed by atoms with van der Waals surface area (Å²) in [6.07, 6.45) is 10.4. The number of Topliss-reactive ketones (excluding diaryl/α,β-unsaturated/α-hetero) is 1. The number of unbranched alkanes of at least 4 members (excludes halogenated alkanes) is 5. The van der Waals surface area contributed by atoms with Crippen molar-refractivity contribution in [3.8, 4) is 0 Å². The molecule has 2 rings (SSSR count). The molecule has 3 nitrogen and oxygen atoms in total. The highest BCUT2D eigenvalue weighted by Gasteiger charge is 2.38. The van der Waals surface area contributed by atoms with Crippen molar-refractivity contribution in [2.75, 3.05) is 11.9 Å². The minimum absolute atomic E-state index is 0.116. The van der Waals surface area contributed by atoms with E-state index in [0.29, 0.717) is 30.4 Å². The number of hydrogen-bond acceptors (Lipinski definition) is 3. The van der Waals surface area contributed by atoms with E-state index in [1.807, 2.05) is 6.92 Å². The van der Waals surface area contributed by atoms with Crippen molar-refractivity contribution in [2.45, 2.75) is 78.1 Å². The van der Waals surface area contributed by atoms with E-state index in [1.54, 1.807) is 0 Å². The quantitative estimate of drug-likeness (QED) is 0.177. The van der Waals surface area contributed by atoms with Gasteiger partial charge in [0.2, 0.25) is 0 Å². The third-order valence-corrected chi connectivity index (χ3v) is 6.95. The van der Waals surface area contributed by atoms with Crippen LogP contribution >= 0.6 is 15.9 Å². The van der Waals surface area contributed by atoms with Gasteiger partial charge in [-0.2, -0.15) is 0 Å². The number of carbonyl (C=O) groups excluding carboxylic acids is 2. The highest BCUT2D eigenvalue weighted by molar-refractivity contribution is 9.09. The van der Waals surface area contributed by atoms with Crippen molar-refractivity contribution in [3.63, 3.8) is 0 Å². The molecule has 0 aromatic rings. The summed E-state index contributed by atoms with van der Waals surface area (Å²) in [5.74, 6) is 1.03. The van der Waals surface area contributed by atoms with Gasteiger partial charge in [0.15, 0.2) is 5.78 Å². The number of ether oxygens (including phenoxy) is 1. The summed E-state index contributed by atoms with van der Waals surface area (Å²) in [5.41, 5.74) is 2.80. The average Bonchev–Trinajstić information content (AvgIpc) is 2.83. The van der Waals surface area contributed by atoms with Crippen LogP contribution in [-0.2, 0) is 14.3 Å². The van der Waals surface area contributed by atoms with Gasteiger partial charge in [0, 0.05) is 17.3 Å². The Balaban J connectivity index is 1.77. The molecule has 0 radical (unpaired) electrons. The first-order valence-corrected chi connectivity index (χ1v) is 11.7. The molecule has 0 heterocycles. The Kier molecular flexibility index (Phi) is 9.28. The lowest BCUT2D eigenvalue weighted by atomic mass is 9.86. The van der Waals surface area contributed by atoms with Gasteiger partial charge in [0.1, 0.15) is 0 Å². The largest absolute Gasteiger partial charge is 0.462 e. The summed E-state index contributed by atoms with van der Waals surface area (Å²) >= 11 is 3.45. The molecule has 4 heteroatoms. The van der Waals surface area contributed by atoms with Gasteiger partial charge in [0.05, 0.1) is 6.61 Å². The number of alkyl halides is 1. The molecule has 3 atom stereocenters. The lowest BCUT2D eigenvalue weighted by Gasteiger charge is -2.19. The predicted molar refractivity (Wildman–Crippen MR) is 114 cm³/mol. The SMILES string of the molecule is C=C(C(=O)OCCCCCCCCBr)[C@@H]1CC[C@H](C)[C@@H]2CC(=O)C(C)=C2C1. The van der Waals surface area contributed by atoms with Gasteiger partial charge >= 0.3 is 5.97 Å². The second kappa shape index (κ2) is 11.2. The van der Waals surface area contributed by atoms with Crippen LogP contribution < -0.4 is 0 Å². The van der Waals surface area contributed by atoms with Crippen LogP contribution in [0.3, 0.4) is 0 Å². The van der Waals surface area contributed by atoms with E-state index in [-0.39, 0.29) is 17.7 Å². The number of allylic oxidation sites excluding steroid dienone is 2. The maximum absolute atomic E-state index is 12.4. The fourth-order valence-electron chi connectivity index (χ4n) is 4.44. The number of fused-ring (bicyclic) bond motifs is 1. The van der Waals surface area contributed by atoms with Crippen LogP contribution in [0.15, 0.2) is 23.3 Å². The van der Waals surface area contributed by atoms with Crippen LogP contribution in [0, 0.1) is 17.8 Å². The number of carbonyl (C=O) groups is 2. The molecule has 27 heavy (non-hydrogen) atoms. The van der Waals surface area contributed by atoms with Crippen LogP contribution in [-0.4, -0.2) is 23.7 Å². The maximum atomic E-state index is 12.4. The highest BCUT2D eigenvalue weighted by atomic mass is 79.9. The van der Waals surface area contributed by atoms with Gasteiger partial charge < -0.3 is 4.74 Å². The Morgan fingerprint density at radius 2 is 1.78 bits per heavy atom. The fourth-order valence-corrected chi connectivity index (χ4v) is 4.84. The monoisotopic (exact) mass is 438 g/mol. The zero-order chi connectivity index (χ0) is 19.8. The van der Waals surface area contributed by atoms with E-state index in [0.717, 1.165) is 43.0 Å². The van der Waals surface area contributed by atoms with Crippen molar-refractivity contribution in [1.29, 1.82) is 0 Å². The summed E-state index contributed by atoms with van der Waals surface area (Å²) in [5, 5.41) is 1.08. The van der Waals surface area contributed by atoms with Crippen molar-refractivity contribution >= 4 is 27.7 Å². The minimum atomic E-state index is -0.243. The number of ketones is 1. The molecule has 0 saturated heterocycles. The molecule has 0 aromatic carbocycles. The van der Waals surface area contributed by atoms with Crippen molar-refractivity contribution in [1.82, 2.24) is 0 Å². The number of halogens is 1. The van der Waals surface area contributed by atoms with Crippen LogP contribution in [0.2, 0.25) is 0 Å². The van der Waals surface area contributed by atoms with Crippen LogP contribution in [0.5, 0.6) is 0 Å². The first-order chi connectivity index (χ1) is 13.0. The third-order valence-electron chi connectivity index (χ3n) is 6.39. The van der Waals surface area contributed by atoms with Crippen molar-refractivity contribution in [2.24, 2.45) is 17.8 Å². The minimum Gasteiger partial charge on any atom is -0.462 e. The molecule has 0 aromatic heterocycles. The van der Waals surface area contributed by atoms with Gasteiger partial charge in [-0.05, 0) is 62.4 Å². The molecule has 152 valence electrons. The van der Waals surface area contributed by atoms with Crippen molar-refractivity contribution < 1.29 is 14.3 Å². The first-order valence-electron chi connectivity index (χ1n) is 10.6. The van der Waals surface area contributed by atoms with E-state index in [1.165, 1.54) is 31.3 Å². The number of esters is 1. The van der Waals surface area contributed by atoms with Gasteiger partial charge in [-0.15, -0.1) is 0 Å². The molecular formula is C23H35BrO3. The third kappa shape index (κ3) is 6.30. The summed E-state index contributed by atoms with van der Waals surface area (Å²) in [4.78, 5) is 24.6. The van der Waals surface area contributed by atoms with Crippen LogP contribution in [0.4, 0.5) is 0 Å². The standard InChI is InChI=1S/C23H35BrO3/c1-16-10-11-19(14-21-18(3)22(25)15-20(16)21)17(2)23(26)27-13-9-7-5-4-6-8-12-24/h16,19-20H,2,4-15H2,1,3H3/t16-,19+,20-/m0/s1. The molecule has 0 amide bonds. The molecule has 0 spiro atoms. The Labute approximate surface area is 173 Å². The lowest BCUT2D eigenvalue weighted by Crippen LogP contribution is -2.16. The number of hydrogen-bond donors (Lipinski definition) is 0. The van der Waals surface area contributed by atoms with Gasteiger partial charge in [-0.25, -0.2) is 4.79 Å². The average molecular weight is 439 g/mol. The highest BCUT2D eigenvalue weighted by Crippen LogP contribution is 2.45. The molecule has 0 aliphatic heterocycles. The summed E-state index contributed by atoms with van der Waals surface area (Å²) in [6, 6.07) is 0. The zero-order valence-electron chi connectivity index (χ0n) is 17.0. The van der Waals surface area contributed by atoms with E-state index in [4.69, 9.17) is 4.74 Å². The molecule has 2 aliphatic carbocycles. The topological polar surface area (TPSA) is 43.4 Å². The summed E-state index contributed by atoms with van der Waals surface area (Å²) in [7, 11) is 0. The van der Waals surface area contributed by atoms with E-state index >= 15 is 0 Å². The zero-order valence-corrected chi connectivity index (χ0v) is 18.6. The normalized spacial score (nSPS) is 25.3. The van der Waals surface area contributed by atoms with E-state index < -0.39 is 0 Å². The second-order valence-corrected chi connectivity index (χ2v) is 9.10. The smallest absolute Gasteiger partial charge is 0.333 e. The fraction of sp³-hybridized carbons (Fsp3) is 0.739. The molecule has 1 saturated carbocycles. The molecular weight excluding hydrogens is 404 g/mol. The van der Waals surface area contributed by atoms with Crippen molar-refractivity contribution in [3.05, 3.63) is 23.3 Å². The molecule has 2 aliphatic rings. The first kappa shape index (κ1) is 22.4. The second-order valence-electron chi connectivity index (χ2n) is 8.31.